The van der Waals surface area contributed by atoms with E-state index in [1.54, 1.807) is 20.8 Å². The number of aryl methyl sites for hydroxylation is 3. The molecule has 1 heterocycles. The summed E-state index contributed by atoms with van der Waals surface area (Å²) >= 11 is 0. The first-order valence-electron chi connectivity index (χ1n) is 7.85. The third-order valence-electron chi connectivity index (χ3n) is 3.65. The summed E-state index contributed by atoms with van der Waals surface area (Å²) in [5, 5.41) is 3.82. The van der Waals surface area contributed by atoms with E-state index >= 15 is 0 Å². The Morgan fingerprint density at radius 3 is 2.38 bits per heavy atom. The van der Waals surface area contributed by atoms with E-state index in [4.69, 9.17) is 9.26 Å². The highest BCUT2D eigenvalue weighted by molar-refractivity contribution is 5.97. The Hall–Kier alpha value is -2.63. The molecule has 0 saturated carbocycles. The normalized spacial score (nSPS) is 10.5. The number of benzene rings is 1. The number of aromatic nitrogens is 1. The smallest absolute Gasteiger partial charge is 0.325 e. The molecule has 0 unspecified atom stereocenters. The van der Waals surface area contributed by atoms with Gasteiger partial charge in [-0.1, -0.05) is 35.0 Å². The highest BCUT2D eigenvalue weighted by Crippen LogP contribution is 2.17. The number of amides is 1. The van der Waals surface area contributed by atoms with Crippen molar-refractivity contribution in [1.29, 1.82) is 0 Å². The molecule has 128 valence electrons. The molecular weight excluding hydrogens is 308 g/mol. The van der Waals surface area contributed by atoms with E-state index in [2.05, 4.69) is 5.16 Å². The van der Waals surface area contributed by atoms with Gasteiger partial charge in [0.05, 0.1) is 12.3 Å². The summed E-state index contributed by atoms with van der Waals surface area (Å²) in [6.07, 6.45) is 0. The largest absolute Gasteiger partial charge is 0.465 e. The Labute approximate surface area is 141 Å². The molecule has 0 aliphatic carbocycles. The van der Waals surface area contributed by atoms with Crippen molar-refractivity contribution < 1.29 is 18.8 Å². The number of carbonyl (C=O) groups excluding carboxylic acids is 2. The molecule has 0 aliphatic rings. The van der Waals surface area contributed by atoms with Crippen molar-refractivity contribution in [3.8, 4) is 0 Å². The summed E-state index contributed by atoms with van der Waals surface area (Å²) in [5.41, 5.74) is 2.97. The average Bonchev–Trinajstić information content (AvgIpc) is 2.87. The number of nitrogens with zero attached hydrogens (tertiary/aromatic N) is 2. The molecule has 0 spiro atoms. The van der Waals surface area contributed by atoms with Crippen LogP contribution < -0.4 is 0 Å². The lowest BCUT2D eigenvalue weighted by atomic mass is 10.1. The molecule has 2 aromatic rings. The number of ether oxygens (including phenoxy) is 1. The summed E-state index contributed by atoms with van der Waals surface area (Å²) in [7, 11) is 0. The van der Waals surface area contributed by atoms with Gasteiger partial charge in [0.15, 0.2) is 0 Å². The van der Waals surface area contributed by atoms with Crippen molar-refractivity contribution in [2.24, 2.45) is 0 Å². The Morgan fingerprint density at radius 2 is 1.83 bits per heavy atom. The first-order chi connectivity index (χ1) is 11.4. The van der Waals surface area contributed by atoms with Crippen LogP contribution in [0.2, 0.25) is 0 Å². The fourth-order valence-corrected chi connectivity index (χ4v) is 2.42. The molecule has 0 radical (unpaired) electrons. The minimum absolute atomic E-state index is 0.120. The Kier molecular flexibility index (Phi) is 5.73. The predicted molar refractivity (Wildman–Crippen MR) is 88.5 cm³/mol. The van der Waals surface area contributed by atoms with E-state index < -0.39 is 5.97 Å². The van der Waals surface area contributed by atoms with Crippen LogP contribution in [-0.4, -0.2) is 35.1 Å². The molecule has 0 bridgehead atoms. The van der Waals surface area contributed by atoms with Gasteiger partial charge in [-0.25, -0.2) is 0 Å². The van der Waals surface area contributed by atoms with Crippen LogP contribution >= 0.6 is 0 Å². The molecule has 0 fully saturated rings. The third-order valence-corrected chi connectivity index (χ3v) is 3.65. The van der Waals surface area contributed by atoms with E-state index in [-0.39, 0.29) is 19.1 Å². The van der Waals surface area contributed by atoms with Gasteiger partial charge in [-0.15, -0.1) is 0 Å². The second kappa shape index (κ2) is 7.77. The summed E-state index contributed by atoms with van der Waals surface area (Å²) in [4.78, 5) is 26.2. The van der Waals surface area contributed by atoms with E-state index in [0.29, 0.717) is 23.6 Å². The van der Waals surface area contributed by atoms with Crippen molar-refractivity contribution in [3.63, 3.8) is 0 Å². The predicted octanol–water partition coefficient (Wildman–Crippen LogP) is 2.81. The van der Waals surface area contributed by atoms with E-state index in [1.165, 1.54) is 4.90 Å². The molecule has 0 atom stereocenters. The van der Waals surface area contributed by atoms with E-state index in [9.17, 15) is 9.59 Å². The van der Waals surface area contributed by atoms with Crippen molar-refractivity contribution in [2.45, 2.75) is 34.2 Å². The monoisotopic (exact) mass is 330 g/mol. The number of hydrogen-bond acceptors (Lipinski definition) is 5. The molecule has 1 aromatic carbocycles. The van der Waals surface area contributed by atoms with Gasteiger partial charge in [-0.2, -0.15) is 0 Å². The van der Waals surface area contributed by atoms with Crippen molar-refractivity contribution >= 4 is 11.9 Å². The maximum Gasteiger partial charge on any atom is 0.325 e. The molecule has 2 rings (SSSR count). The highest BCUT2D eigenvalue weighted by Gasteiger charge is 2.25. The Bertz CT molecular complexity index is 700. The van der Waals surface area contributed by atoms with E-state index in [1.807, 2.05) is 31.2 Å². The maximum absolute atomic E-state index is 12.9. The van der Waals surface area contributed by atoms with Gasteiger partial charge in [0.1, 0.15) is 17.9 Å². The summed E-state index contributed by atoms with van der Waals surface area (Å²) in [6, 6.07) is 7.82. The number of hydrogen-bond donors (Lipinski definition) is 0. The van der Waals surface area contributed by atoms with Crippen LogP contribution in [0.15, 0.2) is 28.8 Å². The minimum atomic E-state index is -0.440. The minimum Gasteiger partial charge on any atom is -0.465 e. The van der Waals surface area contributed by atoms with Gasteiger partial charge in [-0.05, 0) is 33.3 Å². The van der Waals surface area contributed by atoms with Gasteiger partial charge in [-0.3, -0.25) is 9.59 Å². The fourth-order valence-electron chi connectivity index (χ4n) is 2.42. The van der Waals surface area contributed by atoms with Crippen LogP contribution in [-0.2, 0) is 16.1 Å². The standard InChI is InChI=1S/C18H22N2O4/c1-5-23-16(21)11-20(10-15-8-6-12(2)7-9-15)18(22)17-13(3)19-24-14(17)4/h6-9H,5,10-11H2,1-4H3. The van der Waals surface area contributed by atoms with Gasteiger partial charge < -0.3 is 14.2 Å². The summed E-state index contributed by atoms with van der Waals surface area (Å²) < 4.78 is 10.1. The number of esters is 1. The van der Waals surface area contributed by atoms with Crippen LogP contribution in [0.3, 0.4) is 0 Å². The first kappa shape index (κ1) is 17.7. The zero-order chi connectivity index (χ0) is 17.7. The highest BCUT2D eigenvalue weighted by atomic mass is 16.5. The van der Waals surface area contributed by atoms with Crippen LogP contribution in [0.1, 0.15) is 39.9 Å². The molecular formula is C18H22N2O4. The third kappa shape index (κ3) is 4.22. The molecule has 1 aromatic heterocycles. The second-order valence-electron chi connectivity index (χ2n) is 5.65. The zero-order valence-corrected chi connectivity index (χ0v) is 14.5. The Balaban J connectivity index is 2.26. The topological polar surface area (TPSA) is 72.6 Å². The SMILES string of the molecule is CCOC(=O)CN(Cc1ccc(C)cc1)C(=O)c1c(C)noc1C. The molecule has 1 amide bonds. The van der Waals surface area contributed by atoms with Gasteiger partial charge >= 0.3 is 5.97 Å². The lowest BCUT2D eigenvalue weighted by Gasteiger charge is -2.22. The van der Waals surface area contributed by atoms with Crippen molar-refractivity contribution in [1.82, 2.24) is 10.1 Å². The second-order valence-corrected chi connectivity index (χ2v) is 5.65. The van der Waals surface area contributed by atoms with Crippen molar-refractivity contribution in [3.05, 3.63) is 52.4 Å². The van der Waals surface area contributed by atoms with Crippen LogP contribution in [0.4, 0.5) is 0 Å². The lowest BCUT2D eigenvalue weighted by molar-refractivity contribution is -0.143. The molecule has 0 saturated heterocycles. The Morgan fingerprint density at radius 1 is 1.17 bits per heavy atom. The molecule has 6 nitrogen and oxygen atoms in total. The summed E-state index contributed by atoms with van der Waals surface area (Å²) in [6.45, 7) is 7.58. The lowest BCUT2D eigenvalue weighted by Crippen LogP contribution is -2.36. The number of rotatable bonds is 6. The molecule has 0 N–H and O–H groups in total. The van der Waals surface area contributed by atoms with Crippen LogP contribution in [0.5, 0.6) is 0 Å². The van der Waals surface area contributed by atoms with Crippen LogP contribution in [0, 0.1) is 20.8 Å². The molecule has 6 heteroatoms. The van der Waals surface area contributed by atoms with Gasteiger partial charge in [0.2, 0.25) is 0 Å². The maximum atomic E-state index is 12.9. The zero-order valence-electron chi connectivity index (χ0n) is 14.5. The fraction of sp³-hybridized carbons (Fsp3) is 0.389. The summed E-state index contributed by atoms with van der Waals surface area (Å²) in [5.74, 6) is -0.292. The molecule has 24 heavy (non-hydrogen) atoms. The first-order valence-corrected chi connectivity index (χ1v) is 7.85. The average molecular weight is 330 g/mol. The van der Waals surface area contributed by atoms with Gasteiger partial charge in [0.25, 0.3) is 5.91 Å². The number of carbonyl (C=O) groups is 2. The molecule has 0 aliphatic heterocycles. The van der Waals surface area contributed by atoms with Crippen molar-refractivity contribution in [2.75, 3.05) is 13.2 Å². The quantitative estimate of drug-likeness (QED) is 0.762. The van der Waals surface area contributed by atoms with E-state index in [0.717, 1.165) is 11.1 Å². The van der Waals surface area contributed by atoms with Crippen LogP contribution in [0.25, 0.3) is 0 Å². The van der Waals surface area contributed by atoms with Gasteiger partial charge in [0, 0.05) is 6.54 Å².